The minimum Gasteiger partial charge on any atom is -0.435 e. The molecule has 0 bridgehead atoms. The maximum Gasteiger partial charge on any atom is 0.387 e. The molecule has 0 spiro atoms. The molecule has 1 fully saturated rings. The van der Waals surface area contributed by atoms with Crippen LogP contribution >= 0.6 is 24.0 Å². The summed E-state index contributed by atoms with van der Waals surface area (Å²) >= 11 is 0. The summed E-state index contributed by atoms with van der Waals surface area (Å²) in [7, 11) is 0. The quantitative estimate of drug-likeness (QED) is 0.286. The van der Waals surface area contributed by atoms with Crippen molar-refractivity contribution in [2.75, 3.05) is 31.1 Å². The topological polar surface area (TPSA) is 61.8 Å². The highest BCUT2D eigenvalue weighted by molar-refractivity contribution is 14.0. The highest BCUT2D eigenvalue weighted by Crippen LogP contribution is 2.23. The van der Waals surface area contributed by atoms with Crippen molar-refractivity contribution >= 4 is 35.6 Å². The zero-order valence-electron chi connectivity index (χ0n) is 18.6. The number of benzene rings is 1. The molecule has 0 radical (unpaired) electrons. The SMILES string of the molecule is CCNC(=NCCc1ccncc1C)NC1CCCN(c2ccc(OC(F)F)cc2)C1.I. The zero-order chi connectivity index (χ0) is 22.1. The lowest BCUT2D eigenvalue weighted by Gasteiger charge is -2.35. The van der Waals surface area contributed by atoms with E-state index in [-0.39, 0.29) is 35.8 Å². The summed E-state index contributed by atoms with van der Waals surface area (Å²) in [6, 6.07) is 9.14. The molecule has 9 heteroatoms. The second-order valence-electron chi connectivity index (χ2n) is 7.61. The maximum absolute atomic E-state index is 12.4. The molecule has 0 aliphatic carbocycles. The van der Waals surface area contributed by atoms with Gasteiger partial charge in [-0.2, -0.15) is 8.78 Å². The predicted octanol–water partition coefficient (Wildman–Crippen LogP) is 4.38. The Kier molecular flexibility index (Phi) is 10.9. The van der Waals surface area contributed by atoms with Crippen molar-refractivity contribution in [3.8, 4) is 5.75 Å². The Hall–Kier alpha value is -2.17. The van der Waals surface area contributed by atoms with Gasteiger partial charge in [0.2, 0.25) is 0 Å². The number of nitrogens with one attached hydrogen (secondary N) is 2. The Morgan fingerprint density at radius 2 is 2.06 bits per heavy atom. The van der Waals surface area contributed by atoms with E-state index in [2.05, 4.69) is 39.1 Å². The lowest BCUT2D eigenvalue weighted by molar-refractivity contribution is -0.0498. The number of ether oxygens (including phenoxy) is 1. The van der Waals surface area contributed by atoms with Crippen molar-refractivity contribution < 1.29 is 13.5 Å². The van der Waals surface area contributed by atoms with Crippen LogP contribution in [0.25, 0.3) is 0 Å². The standard InChI is InChI=1S/C23H31F2N5O.HI/c1-3-27-23(28-13-11-18-10-12-26-15-17(18)2)29-19-5-4-14-30(16-19)20-6-8-21(9-7-20)31-22(24)25;/h6-10,12,15,19,22H,3-5,11,13-14,16H2,1-2H3,(H2,27,28,29);1H. The fourth-order valence-corrected chi connectivity index (χ4v) is 3.75. The van der Waals surface area contributed by atoms with Crippen molar-refractivity contribution in [2.24, 2.45) is 4.99 Å². The summed E-state index contributed by atoms with van der Waals surface area (Å²) in [5.74, 6) is 0.998. The third-order valence-corrected chi connectivity index (χ3v) is 5.32. The van der Waals surface area contributed by atoms with Crippen LogP contribution in [0.1, 0.15) is 30.9 Å². The van der Waals surface area contributed by atoms with Crippen LogP contribution in [-0.4, -0.2) is 49.8 Å². The summed E-state index contributed by atoms with van der Waals surface area (Å²) in [5.41, 5.74) is 3.45. The number of guanidine groups is 1. The minimum atomic E-state index is -2.80. The van der Waals surface area contributed by atoms with Crippen molar-refractivity contribution in [1.29, 1.82) is 0 Å². The number of anilines is 1. The highest BCUT2D eigenvalue weighted by atomic mass is 127. The van der Waals surface area contributed by atoms with E-state index in [0.29, 0.717) is 6.54 Å². The summed E-state index contributed by atoms with van der Waals surface area (Å²) in [6.45, 7) is 4.56. The molecule has 1 aliphatic rings. The largest absolute Gasteiger partial charge is 0.435 e. The van der Waals surface area contributed by atoms with Gasteiger partial charge in [-0.05, 0) is 74.6 Å². The van der Waals surface area contributed by atoms with Crippen LogP contribution in [-0.2, 0) is 6.42 Å². The molecule has 6 nitrogen and oxygen atoms in total. The lowest BCUT2D eigenvalue weighted by atomic mass is 10.0. The van der Waals surface area contributed by atoms with Crippen molar-refractivity contribution in [3.05, 3.63) is 53.9 Å². The summed E-state index contributed by atoms with van der Waals surface area (Å²) in [4.78, 5) is 11.1. The van der Waals surface area contributed by atoms with Gasteiger partial charge in [0.15, 0.2) is 5.96 Å². The molecule has 3 rings (SSSR count). The van der Waals surface area contributed by atoms with Crippen molar-refractivity contribution in [1.82, 2.24) is 15.6 Å². The van der Waals surface area contributed by atoms with E-state index in [0.717, 1.165) is 50.5 Å². The van der Waals surface area contributed by atoms with E-state index in [4.69, 9.17) is 4.99 Å². The summed E-state index contributed by atoms with van der Waals surface area (Å²) in [5, 5.41) is 6.89. The smallest absolute Gasteiger partial charge is 0.387 e. The van der Waals surface area contributed by atoms with Gasteiger partial charge in [0.1, 0.15) is 5.75 Å². The molecule has 1 aromatic carbocycles. The first-order chi connectivity index (χ1) is 15.0. The number of halogens is 3. The van der Waals surface area contributed by atoms with Crippen LogP contribution in [0.3, 0.4) is 0 Å². The number of nitrogens with zero attached hydrogens (tertiary/aromatic N) is 3. The fraction of sp³-hybridized carbons (Fsp3) is 0.478. The molecule has 1 aliphatic heterocycles. The molecule has 2 heterocycles. The molecular formula is C23H32F2IN5O. The maximum atomic E-state index is 12.4. The molecule has 1 atom stereocenters. The fourth-order valence-electron chi connectivity index (χ4n) is 3.75. The zero-order valence-corrected chi connectivity index (χ0v) is 20.9. The molecule has 1 unspecified atom stereocenters. The third kappa shape index (κ3) is 8.07. The first-order valence-corrected chi connectivity index (χ1v) is 10.8. The number of piperidine rings is 1. The average Bonchev–Trinajstić information content (AvgIpc) is 2.75. The van der Waals surface area contributed by atoms with Crippen LogP contribution < -0.4 is 20.3 Å². The first kappa shape index (κ1) is 26.1. The number of hydrogen-bond acceptors (Lipinski definition) is 4. The summed E-state index contributed by atoms with van der Waals surface area (Å²) in [6.07, 6.45) is 6.66. The van der Waals surface area contributed by atoms with Crippen molar-refractivity contribution in [2.45, 2.75) is 45.8 Å². The molecule has 2 aromatic rings. The minimum absolute atomic E-state index is 0. The van der Waals surface area contributed by atoms with Gasteiger partial charge < -0.3 is 20.3 Å². The van der Waals surface area contributed by atoms with Gasteiger partial charge in [-0.3, -0.25) is 9.98 Å². The van der Waals surface area contributed by atoms with Crippen molar-refractivity contribution in [3.63, 3.8) is 0 Å². The Bertz CT molecular complexity index is 851. The van der Waals surface area contributed by atoms with Crippen LogP contribution in [0.2, 0.25) is 0 Å². The lowest BCUT2D eigenvalue weighted by Crippen LogP contribution is -2.51. The Labute approximate surface area is 205 Å². The molecule has 2 N–H and O–H groups in total. The second-order valence-corrected chi connectivity index (χ2v) is 7.61. The number of alkyl halides is 2. The average molecular weight is 559 g/mol. The number of aryl methyl sites for hydroxylation is 1. The van der Waals surface area contributed by atoms with Crippen LogP contribution in [0.4, 0.5) is 14.5 Å². The summed E-state index contributed by atoms with van der Waals surface area (Å²) < 4.78 is 29.2. The van der Waals surface area contributed by atoms with E-state index in [1.807, 2.05) is 30.6 Å². The van der Waals surface area contributed by atoms with Gasteiger partial charge in [0, 0.05) is 50.3 Å². The first-order valence-electron chi connectivity index (χ1n) is 10.8. The normalized spacial score (nSPS) is 16.5. The predicted molar refractivity (Wildman–Crippen MR) is 136 cm³/mol. The van der Waals surface area contributed by atoms with E-state index in [1.165, 1.54) is 11.1 Å². The van der Waals surface area contributed by atoms with E-state index in [9.17, 15) is 8.78 Å². The number of aromatic nitrogens is 1. The van der Waals surface area contributed by atoms with Gasteiger partial charge in [-0.1, -0.05) is 0 Å². The van der Waals surface area contributed by atoms with Gasteiger partial charge >= 0.3 is 6.61 Å². The molecular weight excluding hydrogens is 527 g/mol. The van der Waals surface area contributed by atoms with Crippen LogP contribution in [0.5, 0.6) is 5.75 Å². The number of hydrogen-bond donors (Lipinski definition) is 2. The Morgan fingerprint density at radius 3 is 2.75 bits per heavy atom. The van der Waals surface area contributed by atoms with E-state index in [1.54, 1.807) is 12.1 Å². The molecule has 176 valence electrons. The second kappa shape index (κ2) is 13.4. The number of aliphatic imine (C=N–C) groups is 1. The molecule has 1 aromatic heterocycles. The van der Waals surface area contributed by atoms with Crippen LogP contribution in [0.15, 0.2) is 47.7 Å². The van der Waals surface area contributed by atoms with Gasteiger partial charge in [-0.15, -0.1) is 24.0 Å². The van der Waals surface area contributed by atoms with Gasteiger partial charge in [0.25, 0.3) is 0 Å². The monoisotopic (exact) mass is 559 g/mol. The number of rotatable bonds is 8. The van der Waals surface area contributed by atoms with Crippen LogP contribution in [0, 0.1) is 6.92 Å². The molecule has 1 saturated heterocycles. The molecule has 0 saturated carbocycles. The Morgan fingerprint density at radius 1 is 1.28 bits per heavy atom. The number of pyridine rings is 1. The van der Waals surface area contributed by atoms with E-state index >= 15 is 0 Å². The Balaban J connectivity index is 0.00000363. The van der Waals surface area contributed by atoms with E-state index < -0.39 is 6.61 Å². The van der Waals surface area contributed by atoms with Gasteiger partial charge in [-0.25, -0.2) is 0 Å². The molecule has 32 heavy (non-hydrogen) atoms. The molecule has 0 amide bonds. The third-order valence-electron chi connectivity index (χ3n) is 5.32. The highest BCUT2D eigenvalue weighted by Gasteiger charge is 2.21. The van der Waals surface area contributed by atoms with Gasteiger partial charge in [0.05, 0.1) is 0 Å².